The molecule has 0 bridgehead atoms. The van der Waals surface area contributed by atoms with Gasteiger partial charge < -0.3 is 15.4 Å². The Hall–Kier alpha value is -1.78. The molecule has 1 atom stereocenters. The Balaban J connectivity index is 2.33. The van der Waals surface area contributed by atoms with Crippen molar-refractivity contribution < 1.29 is 9.53 Å². The Morgan fingerprint density at radius 3 is 2.95 bits per heavy atom. The number of anilines is 2. The molecule has 0 aliphatic carbocycles. The lowest BCUT2D eigenvalue weighted by molar-refractivity contribution is 0.0594. The summed E-state index contributed by atoms with van der Waals surface area (Å²) in [6.07, 6.45) is 4.73. The first-order valence-corrected chi connectivity index (χ1v) is 6.75. The zero-order chi connectivity index (χ0) is 13.8. The van der Waals surface area contributed by atoms with Gasteiger partial charge in [0.2, 0.25) is 0 Å². The summed E-state index contributed by atoms with van der Waals surface area (Å²) >= 11 is 0. The fourth-order valence-corrected chi connectivity index (χ4v) is 2.50. The topological polar surface area (TPSA) is 68.5 Å². The largest absolute Gasteiger partial charge is 0.464 e. The quantitative estimate of drug-likeness (QED) is 0.829. The lowest BCUT2D eigenvalue weighted by atomic mass is 10.1. The highest BCUT2D eigenvalue weighted by Gasteiger charge is 2.21. The molecule has 0 amide bonds. The van der Waals surface area contributed by atoms with Crippen molar-refractivity contribution in [3.8, 4) is 0 Å². The van der Waals surface area contributed by atoms with Gasteiger partial charge in [0.25, 0.3) is 0 Å². The van der Waals surface area contributed by atoms with E-state index in [4.69, 9.17) is 10.5 Å². The van der Waals surface area contributed by atoms with Gasteiger partial charge in [0, 0.05) is 12.6 Å². The van der Waals surface area contributed by atoms with Gasteiger partial charge in [-0.05, 0) is 31.9 Å². The third kappa shape index (κ3) is 2.97. The van der Waals surface area contributed by atoms with Gasteiger partial charge in [-0.3, -0.25) is 0 Å². The molecule has 1 aromatic heterocycles. The number of rotatable bonds is 2. The number of nitrogens with zero attached hydrogens (tertiary/aromatic N) is 2. The monoisotopic (exact) mass is 263 g/mol. The smallest absolute Gasteiger partial charge is 0.356 e. The molecule has 2 rings (SSSR count). The van der Waals surface area contributed by atoms with Gasteiger partial charge in [-0.1, -0.05) is 12.8 Å². The molecule has 0 aromatic carbocycles. The SMILES string of the molecule is COC(=O)c1ccc(N)c(N2CCCCCC2C)n1. The molecule has 0 radical (unpaired) electrons. The van der Waals surface area contributed by atoms with E-state index in [1.807, 2.05) is 0 Å². The van der Waals surface area contributed by atoms with E-state index in [1.165, 1.54) is 20.0 Å². The summed E-state index contributed by atoms with van der Waals surface area (Å²) in [5.74, 6) is 0.279. The third-order valence-corrected chi connectivity index (χ3v) is 3.62. The molecule has 19 heavy (non-hydrogen) atoms. The molecule has 1 unspecified atom stereocenters. The number of aromatic nitrogens is 1. The van der Waals surface area contributed by atoms with Crippen molar-refractivity contribution in [2.45, 2.75) is 38.6 Å². The van der Waals surface area contributed by atoms with E-state index in [9.17, 15) is 4.79 Å². The third-order valence-electron chi connectivity index (χ3n) is 3.62. The zero-order valence-electron chi connectivity index (χ0n) is 11.6. The van der Waals surface area contributed by atoms with Crippen molar-refractivity contribution in [2.75, 3.05) is 24.3 Å². The first-order valence-electron chi connectivity index (χ1n) is 6.75. The summed E-state index contributed by atoms with van der Waals surface area (Å²) in [7, 11) is 1.36. The highest BCUT2D eigenvalue weighted by molar-refractivity contribution is 5.88. The molecule has 0 spiro atoms. The van der Waals surface area contributed by atoms with E-state index in [2.05, 4.69) is 16.8 Å². The molecule has 1 fully saturated rings. The van der Waals surface area contributed by atoms with Crippen molar-refractivity contribution in [2.24, 2.45) is 0 Å². The molecule has 1 aliphatic rings. The molecule has 2 heterocycles. The van der Waals surface area contributed by atoms with Crippen LogP contribution in [0.2, 0.25) is 0 Å². The summed E-state index contributed by atoms with van der Waals surface area (Å²) in [4.78, 5) is 18.2. The minimum absolute atomic E-state index is 0.308. The van der Waals surface area contributed by atoms with Crippen LogP contribution in [0, 0.1) is 0 Å². The number of ether oxygens (including phenoxy) is 1. The summed E-state index contributed by atoms with van der Waals surface area (Å²) in [6, 6.07) is 3.73. The summed E-state index contributed by atoms with van der Waals surface area (Å²) in [5, 5.41) is 0. The molecular formula is C14H21N3O2. The molecular weight excluding hydrogens is 242 g/mol. The predicted octanol–water partition coefficient (Wildman–Crippen LogP) is 2.22. The van der Waals surface area contributed by atoms with Crippen LogP contribution in [0.25, 0.3) is 0 Å². The van der Waals surface area contributed by atoms with E-state index < -0.39 is 5.97 Å². The van der Waals surface area contributed by atoms with E-state index in [0.717, 1.165) is 19.4 Å². The van der Waals surface area contributed by atoms with Gasteiger partial charge in [-0.25, -0.2) is 9.78 Å². The van der Waals surface area contributed by atoms with Crippen molar-refractivity contribution in [1.82, 2.24) is 4.98 Å². The number of esters is 1. The van der Waals surface area contributed by atoms with Gasteiger partial charge in [-0.2, -0.15) is 0 Å². The first-order chi connectivity index (χ1) is 9.13. The second kappa shape index (κ2) is 5.91. The Kier molecular flexibility index (Phi) is 4.24. The molecule has 5 heteroatoms. The first kappa shape index (κ1) is 13.6. The Labute approximate surface area is 113 Å². The summed E-state index contributed by atoms with van der Waals surface area (Å²) < 4.78 is 4.71. The van der Waals surface area contributed by atoms with Crippen LogP contribution >= 0.6 is 0 Å². The molecule has 104 valence electrons. The average molecular weight is 263 g/mol. The molecule has 1 aliphatic heterocycles. The molecule has 0 saturated carbocycles. The second-order valence-electron chi connectivity index (χ2n) is 4.99. The molecule has 2 N–H and O–H groups in total. The van der Waals surface area contributed by atoms with Crippen LogP contribution < -0.4 is 10.6 Å². The lowest BCUT2D eigenvalue weighted by Crippen LogP contribution is -2.34. The number of hydrogen-bond acceptors (Lipinski definition) is 5. The van der Waals surface area contributed by atoms with Crippen LogP contribution in [0.15, 0.2) is 12.1 Å². The van der Waals surface area contributed by atoms with E-state index in [0.29, 0.717) is 23.2 Å². The molecule has 1 saturated heterocycles. The van der Waals surface area contributed by atoms with Crippen LogP contribution in [-0.4, -0.2) is 30.6 Å². The van der Waals surface area contributed by atoms with Gasteiger partial charge in [0.15, 0.2) is 11.5 Å². The summed E-state index contributed by atoms with van der Waals surface area (Å²) in [5.41, 5.74) is 6.94. The van der Waals surface area contributed by atoms with Crippen molar-refractivity contribution >= 4 is 17.5 Å². The van der Waals surface area contributed by atoms with Gasteiger partial charge in [0.1, 0.15) is 0 Å². The minimum Gasteiger partial charge on any atom is -0.464 e. The highest BCUT2D eigenvalue weighted by atomic mass is 16.5. The van der Waals surface area contributed by atoms with E-state index in [1.54, 1.807) is 12.1 Å². The van der Waals surface area contributed by atoms with Gasteiger partial charge in [-0.15, -0.1) is 0 Å². The Bertz CT molecular complexity index is 462. The van der Waals surface area contributed by atoms with E-state index in [-0.39, 0.29) is 0 Å². The average Bonchev–Trinajstić information content (AvgIpc) is 2.63. The van der Waals surface area contributed by atoms with E-state index >= 15 is 0 Å². The molecule has 5 nitrogen and oxygen atoms in total. The number of hydrogen-bond donors (Lipinski definition) is 1. The number of nitrogen functional groups attached to an aromatic ring is 1. The maximum Gasteiger partial charge on any atom is 0.356 e. The number of methoxy groups -OCH3 is 1. The highest BCUT2D eigenvalue weighted by Crippen LogP contribution is 2.27. The number of carbonyl (C=O) groups excluding carboxylic acids is 1. The minimum atomic E-state index is -0.427. The van der Waals surface area contributed by atoms with Gasteiger partial charge in [0.05, 0.1) is 12.8 Å². The Morgan fingerprint density at radius 1 is 1.42 bits per heavy atom. The fourth-order valence-electron chi connectivity index (χ4n) is 2.50. The maximum absolute atomic E-state index is 11.6. The normalized spacial score (nSPS) is 19.9. The van der Waals surface area contributed by atoms with Gasteiger partial charge >= 0.3 is 5.97 Å². The second-order valence-corrected chi connectivity index (χ2v) is 4.99. The van der Waals surface area contributed by atoms with Crippen LogP contribution in [0.1, 0.15) is 43.1 Å². The standard InChI is InChI=1S/C14H21N3O2/c1-10-6-4-3-5-9-17(10)13-11(15)7-8-12(16-13)14(18)19-2/h7-8,10H,3-6,9,15H2,1-2H3. The number of carbonyl (C=O) groups is 1. The van der Waals surface area contributed by atoms with Crippen LogP contribution in [-0.2, 0) is 4.74 Å². The zero-order valence-corrected chi connectivity index (χ0v) is 11.6. The van der Waals surface area contributed by atoms with Crippen molar-refractivity contribution in [3.63, 3.8) is 0 Å². The fraction of sp³-hybridized carbons (Fsp3) is 0.571. The lowest BCUT2D eigenvalue weighted by Gasteiger charge is -2.29. The number of pyridine rings is 1. The van der Waals surface area contributed by atoms with Crippen LogP contribution in [0.4, 0.5) is 11.5 Å². The Morgan fingerprint density at radius 2 is 2.21 bits per heavy atom. The maximum atomic E-state index is 11.6. The van der Waals surface area contributed by atoms with Crippen LogP contribution in [0.3, 0.4) is 0 Å². The summed E-state index contributed by atoms with van der Waals surface area (Å²) in [6.45, 7) is 3.11. The van der Waals surface area contributed by atoms with Crippen LogP contribution in [0.5, 0.6) is 0 Å². The number of nitrogens with two attached hydrogens (primary N) is 1. The predicted molar refractivity (Wildman–Crippen MR) is 75.3 cm³/mol. The molecule has 1 aromatic rings. The van der Waals surface area contributed by atoms with Crippen molar-refractivity contribution in [3.05, 3.63) is 17.8 Å². The van der Waals surface area contributed by atoms with Crippen molar-refractivity contribution in [1.29, 1.82) is 0 Å².